The van der Waals surface area contributed by atoms with Crippen molar-refractivity contribution in [3.8, 4) is 5.75 Å². The normalized spacial score (nSPS) is 9.57. The highest BCUT2D eigenvalue weighted by atomic mass is 35.5. The number of benzene rings is 2. The molecule has 0 saturated carbocycles. The number of aromatic carboxylic acids is 1. The van der Waals surface area contributed by atoms with Crippen molar-refractivity contribution in [1.82, 2.24) is 0 Å². The Morgan fingerprint density at radius 1 is 1.10 bits per heavy atom. The molecule has 2 rings (SSSR count). The van der Waals surface area contributed by atoms with Gasteiger partial charge in [0, 0.05) is 11.3 Å². The maximum atomic E-state index is 12.0. The molecule has 0 spiro atoms. The van der Waals surface area contributed by atoms with Crippen molar-refractivity contribution in [3.05, 3.63) is 59.2 Å². The van der Waals surface area contributed by atoms with E-state index in [4.69, 9.17) is 10.5 Å². The van der Waals surface area contributed by atoms with Gasteiger partial charge in [-0.25, -0.2) is 4.79 Å². The van der Waals surface area contributed by atoms with Crippen LogP contribution in [0.5, 0.6) is 5.75 Å². The fourth-order valence-electron chi connectivity index (χ4n) is 1.72. The monoisotopic (exact) mass is 306 g/mol. The van der Waals surface area contributed by atoms with Crippen molar-refractivity contribution in [3.63, 3.8) is 0 Å². The third-order valence-corrected chi connectivity index (χ3v) is 2.77. The van der Waals surface area contributed by atoms with E-state index in [0.29, 0.717) is 11.3 Å². The third kappa shape index (κ3) is 3.73. The molecule has 0 radical (unpaired) electrons. The lowest BCUT2D eigenvalue weighted by atomic mass is 10.1. The summed E-state index contributed by atoms with van der Waals surface area (Å²) in [7, 11) is 0. The van der Waals surface area contributed by atoms with Gasteiger partial charge in [0.05, 0.1) is 11.5 Å². The van der Waals surface area contributed by atoms with Crippen LogP contribution in [-0.4, -0.2) is 11.9 Å². The van der Waals surface area contributed by atoms with E-state index in [0.717, 1.165) is 0 Å². The van der Waals surface area contributed by atoms with Gasteiger partial charge in [0.25, 0.3) is 0 Å². The molecule has 0 atom stereocenters. The van der Waals surface area contributed by atoms with Crippen LogP contribution in [0.25, 0.3) is 0 Å². The van der Waals surface area contributed by atoms with Crippen LogP contribution >= 0.6 is 12.4 Å². The van der Waals surface area contributed by atoms with Gasteiger partial charge in [-0.3, -0.25) is 0 Å². The number of carbonyl (C=O) groups excluding carboxylic acids is 2. The van der Waals surface area contributed by atoms with Gasteiger partial charge >= 0.3 is 5.97 Å². The first-order valence-corrected chi connectivity index (χ1v) is 5.87. The fraction of sp³-hybridized carbons (Fsp3) is 0.0667. The Morgan fingerprint density at radius 3 is 2.29 bits per heavy atom. The molecule has 0 aliphatic carbocycles. The number of halogens is 1. The number of esters is 1. The number of ether oxygens (including phenoxy) is 1. The van der Waals surface area contributed by atoms with Gasteiger partial charge in [-0.05, 0) is 42.8 Å². The lowest BCUT2D eigenvalue weighted by Gasteiger charge is -2.13. The summed E-state index contributed by atoms with van der Waals surface area (Å²) in [6.45, 7) is 1.65. The van der Waals surface area contributed by atoms with E-state index in [-0.39, 0.29) is 29.3 Å². The number of nitrogen functional groups attached to an aromatic ring is 1. The molecule has 21 heavy (non-hydrogen) atoms. The minimum Gasteiger partial charge on any atom is -0.545 e. The van der Waals surface area contributed by atoms with Crippen LogP contribution in [0.2, 0.25) is 0 Å². The molecule has 2 aromatic rings. The van der Waals surface area contributed by atoms with Gasteiger partial charge in [-0.15, -0.1) is 12.4 Å². The van der Waals surface area contributed by atoms with Gasteiger partial charge < -0.3 is 20.4 Å². The summed E-state index contributed by atoms with van der Waals surface area (Å²) in [5, 5.41) is 11.0. The highest BCUT2D eigenvalue weighted by molar-refractivity contribution is 5.95. The summed E-state index contributed by atoms with van der Waals surface area (Å²) in [6, 6.07) is 10.7. The number of para-hydroxylation sites is 1. The maximum Gasteiger partial charge on any atom is 0.343 e. The van der Waals surface area contributed by atoms with E-state index in [1.54, 1.807) is 31.2 Å². The first kappa shape index (κ1) is 16.5. The molecule has 5 nitrogen and oxygen atoms in total. The standard InChI is InChI=1S/C15H13NO4.ClH/c1-9-3-2-4-12(14(17)18)13(9)20-15(19)10-5-7-11(16)8-6-10;/h2-8H,16H2,1H3,(H,17,18);1H/p-1. The number of anilines is 1. The molecule has 2 N–H and O–H groups in total. The van der Waals surface area contributed by atoms with E-state index < -0.39 is 11.9 Å². The van der Waals surface area contributed by atoms with Crippen LogP contribution in [0, 0.1) is 6.92 Å². The summed E-state index contributed by atoms with van der Waals surface area (Å²) in [5.74, 6) is -2.05. The summed E-state index contributed by atoms with van der Waals surface area (Å²) in [5.41, 5.74) is 6.71. The fourth-order valence-corrected chi connectivity index (χ4v) is 1.72. The Hall–Kier alpha value is -2.53. The molecule has 2 aromatic carbocycles. The number of carboxylic acid groups (broad SMARTS) is 1. The number of aryl methyl sites for hydroxylation is 1. The largest absolute Gasteiger partial charge is 0.545 e. The smallest absolute Gasteiger partial charge is 0.343 e. The van der Waals surface area contributed by atoms with Crippen molar-refractivity contribution in [2.75, 3.05) is 5.73 Å². The van der Waals surface area contributed by atoms with Crippen LogP contribution in [0.1, 0.15) is 26.3 Å². The second-order valence-electron chi connectivity index (χ2n) is 4.25. The molecule has 110 valence electrons. The SMILES string of the molecule is Cc1cccc(C(=O)[O-])c1OC(=O)c1ccc(N)cc1.Cl. The predicted molar refractivity (Wildman–Crippen MR) is 78.6 cm³/mol. The number of hydrogen-bond donors (Lipinski definition) is 1. The number of rotatable bonds is 3. The lowest BCUT2D eigenvalue weighted by Crippen LogP contribution is -2.24. The summed E-state index contributed by atoms with van der Waals surface area (Å²) in [4.78, 5) is 23.0. The van der Waals surface area contributed by atoms with Crippen molar-refractivity contribution < 1.29 is 19.4 Å². The van der Waals surface area contributed by atoms with Crippen LogP contribution in [0.15, 0.2) is 42.5 Å². The highest BCUT2D eigenvalue weighted by Gasteiger charge is 2.14. The zero-order valence-corrected chi connectivity index (χ0v) is 12.0. The minimum absolute atomic E-state index is 0. The molecule has 0 aliphatic heterocycles. The molecular weight excluding hydrogens is 294 g/mol. The highest BCUT2D eigenvalue weighted by Crippen LogP contribution is 2.24. The molecular formula is C15H13ClNO4-. The van der Waals surface area contributed by atoms with Gasteiger partial charge in [0.15, 0.2) is 0 Å². The Labute approximate surface area is 127 Å². The zero-order chi connectivity index (χ0) is 14.7. The number of hydrogen-bond acceptors (Lipinski definition) is 5. The van der Waals surface area contributed by atoms with Crippen molar-refractivity contribution in [2.24, 2.45) is 0 Å². The first-order valence-electron chi connectivity index (χ1n) is 5.87. The van der Waals surface area contributed by atoms with Crippen molar-refractivity contribution in [2.45, 2.75) is 6.92 Å². The van der Waals surface area contributed by atoms with Gasteiger partial charge in [-0.2, -0.15) is 0 Å². The molecule has 0 fully saturated rings. The second-order valence-corrected chi connectivity index (χ2v) is 4.25. The van der Waals surface area contributed by atoms with Crippen LogP contribution < -0.4 is 15.6 Å². The first-order chi connectivity index (χ1) is 9.49. The third-order valence-electron chi connectivity index (χ3n) is 2.77. The van der Waals surface area contributed by atoms with E-state index in [9.17, 15) is 14.7 Å². The number of nitrogens with two attached hydrogens (primary N) is 1. The zero-order valence-electron chi connectivity index (χ0n) is 11.2. The second kappa shape index (κ2) is 6.76. The molecule has 0 saturated heterocycles. The molecule has 6 heteroatoms. The average Bonchev–Trinajstić information content (AvgIpc) is 2.41. The molecule has 0 aliphatic rings. The predicted octanol–water partition coefficient (Wildman–Crippen LogP) is 1.58. The van der Waals surface area contributed by atoms with E-state index in [1.807, 2.05) is 0 Å². The van der Waals surface area contributed by atoms with Crippen molar-refractivity contribution in [1.29, 1.82) is 0 Å². The van der Waals surface area contributed by atoms with E-state index in [1.165, 1.54) is 18.2 Å². The van der Waals surface area contributed by atoms with Crippen LogP contribution in [0.4, 0.5) is 5.69 Å². The molecule has 0 heterocycles. The minimum atomic E-state index is -1.39. The Kier molecular flexibility index (Phi) is 5.32. The van der Waals surface area contributed by atoms with Crippen LogP contribution in [0.3, 0.4) is 0 Å². The molecule has 0 bridgehead atoms. The Morgan fingerprint density at radius 2 is 1.71 bits per heavy atom. The molecule has 0 aromatic heterocycles. The topological polar surface area (TPSA) is 92.5 Å². The lowest BCUT2D eigenvalue weighted by molar-refractivity contribution is -0.255. The molecule has 0 unspecified atom stereocenters. The Balaban J connectivity index is 0.00000220. The Bertz CT molecular complexity index is 668. The van der Waals surface area contributed by atoms with Crippen molar-refractivity contribution >= 4 is 30.0 Å². The number of carboxylic acids is 1. The summed E-state index contributed by atoms with van der Waals surface area (Å²) < 4.78 is 5.16. The van der Waals surface area contributed by atoms with E-state index >= 15 is 0 Å². The quantitative estimate of drug-likeness (QED) is 0.528. The maximum absolute atomic E-state index is 12.0. The van der Waals surface area contributed by atoms with Gasteiger partial charge in [-0.1, -0.05) is 12.1 Å². The van der Waals surface area contributed by atoms with Gasteiger partial charge in [0.1, 0.15) is 5.75 Å². The number of carbonyl (C=O) groups is 2. The summed E-state index contributed by atoms with van der Waals surface area (Å²) in [6.07, 6.45) is 0. The molecule has 0 amide bonds. The van der Waals surface area contributed by atoms with Gasteiger partial charge in [0.2, 0.25) is 0 Å². The van der Waals surface area contributed by atoms with E-state index in [2.05, 4.69) is 0 Å². The van der Waals surface area contributed by atoms with Crippen LogP contribution in [-0.2, 0) is 0 Å². The average molecular weight is 307 g/mol. The summed E-state index contributed by atoms with van der Waals surface area (Å²) >= 11 is 0.